The third-order valence-corrected chi connectivity index (χ3v) is 4.50. The molecule has 0 aromatic rings. The summed E-state index contributed by atoms with van der Waals surface area (Å²) >= 11 is 0. The second kappa shape index (κ2) is 4.62. The minimum Gasteiger partial charge on any atom is -0.447 e. The van der Waals surface area contributed by atoms with Gasteiger partial charge >= 0.3 is 27.9 Å². The highest BCUT2D eigenvalue weighted by molar-refractivity contribution is 7.87. The number of rotatable bonds is 2. The summed E-state index contributed by atoms with van der Waals surface area (Å²) in [7, 11) is -5.95. The molecular weight excluding hydrogens is 339 g/mol. The molecule has 0 bridgehead atoms. The van der Waals surface area contributed by atoms with Crippen molar-refractivity contribution in [2.45, 2.75) is 29.9 Å². The molecule has 3 fully saturated rings. The molecule has 124 valence electrons. The lowest BCUT2D eigenvalue weighted by Gasteiger charge is -2.38. The summed E-state index contributed by atoms with van der Waals surface area (Å²) < 4.78 is 78.0. The van der Waals surface area contributed by atoms with Gasteiger partial charge in [-0.1, -0.05) is 0 Å². The van der Waals surface area contributed by atoms with Crippen LogP contribution in [0.15, 0.2) is 0 Å². The van der Waals surface area contributed by atoms with E-state index in [1.54, 1.807) is 0 Å². The Morgan fingerprint density at radius 2 is 1.91 bits per heavy atom. The molecule has 1 amide bonds. The van der Waals surface area contributed by atoms with Crippen LogP contribution in [0, 0.1) is 0 Å². The highest BCUT2D eigenvalue weighted by Crippen LogP contribution is 2.36. The standard InChI is InChI=1S/C9H8F3NO8S/c10-9(11,12)22(16,17)21-5-3-2-18-7(14)13(3)1-4-6(5)20-8(15)19-4/h3-6H,1-2H2/t3?,4-,5+,6+/m0/s1. The van der Waals surface area contributed by atoms with Gasteiger partial charge < -0.3 is 14.2 Å². The van der Waals surface area contributed by atoms with Gasteiger partial charge in [-0.15, -0.1) is 0 Å². The Bertz CT molecular complexity index is 617. The van der Waals surface area contributed by atoms with E-state index >= 15 is 0 Å². The van der Waals surface area contributed by atoms with Crippen LogP contribution in [0.3, 0.4) is 0 Å². The number of piperidine rings is 1. The van der Waals surface area contributed by atoms with E-state index < -0.39 is 58.8 Å². The van der Waals surface area contributed by atoms with Crippen molar-refractivity contribution in [2.24, 2.45) is 0 Å². The number of hydrogen-bond donors (Lipinski definition) is 0. The number of amides is 1. The van der Waals surface area contributed by atoms with Gasteiger partial charge in [-0.05, 0) is 0 Å². The zero-order valence-electron chi connectivity index (χ0n) is 10.5. The molecule has 9 nitrogen and oxygen atoms in total. The number of alkyl halides is 3. The molecule has 22 heavy (non-hydrogen) atoms. The van der Waals surface area contributed by atoms with Crippen molar-refractivity contribution in [1.82, 2.24) is 4.90 Å². The lowest BCUT2D eigenvalue weighted by atomic mass is 9.95. The molecule has 4 atom stereocenters. The van der Waals surface area contributed by atoms with E-state index in [4.69, 9.17) is 0 Å². The zero-order valence-corrected chi connectivity index (χ0v) is 11.3. The molecule has 0 aliphatic carbocycles. The average molecular weight is 347 g/mol. The van der Waals surface area contributed by atoms with Gasteiger partial charge in [0.2, 0.25) is 0 Å². The highest BCUT2D eigenvalue weighted by atomic mass is 32.2. The SMILES string of the molecule is O=C1O[C@@H]2[C@H](CN3C(=O)OCC3[C@H]2OS(=O)(=O)C(F)(F)F)O1. The number of cyclic esters (lactones) is 1. The fourth-order valence-electron chi connectivity index (χ4n) is 2.50. The smallest absolute Gasteiger partial charge is 0.447 e. The van der Waals surface area contributed by atoms with Gasteiger partial charge in [0.25, 0.3) is 0 Å². The molecule has 1 unspecified atom stereocenters. The van der Waals surface area contributed by atoms with Crippen molar-refractivity contribution in [1.29, 1.82) is 0 Å². The van der Waals surface area contributed by atoms with Gasteiger partial charge in [0.15, 0.2) is 12.2 Å². The Kier molecular flexibility index (Phi) is 3.18. The summed E-state index contributed by atoms with van der Waals surface area (Å²) in [6.45, 7) is -0.580. The number of halogens is 3. The molecule has 3 saturated heterocycles. The molecule has 3 aliphatic heterocycles. The maximum absolute atomic E-state index is 12.5. The van der Waals surface area contributed by atoms with Crippen molar-refractivity contribution in [3.8, 4) is 0 Å². The van der Waals surface area contributed by atoms with Gasteiger partial charge in [-0.25, -0.2) is 9.59 Å². The van der Waals surface area contributed by atoms with Gasteiger partial charge in [-0.3, -0.25) is 9.08 Å². The van der Waals surface area contributed by atoms with Crippen LogP contribution in [0.4, 0.5) is 22.8 Å². The number of nitrogens with zero attached hydrogens (tertiary/aromatic N) is 1. The second-order valence-corrected chi connectivity index (χ2v) is 6.31. The number of fused-ring (bicyclic) bond motifs is 2. The van der Waals surface area contributed by atoms with Crippen LogP contribution in [0.1, 0.15) is 0 Å². The van der Waals surface area contributed by atoms with Gasteiger partial charge in [0.05, 0.1) is 6.54 Å². The number of carbonyl (C=O) groups is 2. The topological polar surface area (TPSA) is 108 Å². The first-order valence-electron chi connectivity index (χ1n) is 5.90. The first-order valence-corrected chi connectivity index (χ1v) is 7.31. The molecule has 0 radical (unpaired) electrons. The van der Waals surface area contributed by atoms with E-state index in [1.807, 2.05) is 0 Å². The maximum Gasteiger partial charge on any atom is 0.523 e. The Hall–Kier alpha value is -1.76. The fraction of sp³-hybridized carbons (Fsp3) is 0.778. The minimum absolute atomic E-state index is 0.189. The minimum atomic E-state index is -5.95. The summed E-state index contributed by atoms with van der Waals surface area (Å²) in [5.74, 6) is 0. The third-order valence-electron chi connectivity index (χ3n) is 3.46. The quantitative estimate of drug-likeness (QED) is 0.389. The van der Waals surface area contributed by atoms with Gasteiger partial charge in [-0.2, -0.15) is 21.6 Å². The molecule has 0 aromatic heterocycles. The third kappa shape index (κ3) is 2.24. The van der Waals surface area contributed by atoms with E-state index in [1.165, 1.54) is 0 Å². The Morgan fingerprint density at radius 1 is 1.23 bits per heavy atom. The van der Waals surface area contributed by atoms with Gasteiger partial charge in [0, 0.05) is 0 Å². The van der Waals surface area contributed by atoms with Crippen LogP contribution in [0.5, 0.6) is 0 Å². The molecule has 3 heterocycles. The Morgan fingerprint density at radius 3 is 2.55 bits per heavy atom. The van der Waals surface area contributed by atoms with Crippen LogP contribution in [0.2, 0.25) is 0 Å². The van der Waals surface area contributed by atoms with Crippen molar-refractivity contribution in [3.05, 3.63) is 0 Å². The Labute approximate surface area is 121 Å². The summed E-state index contributed by atoms with van der Waals surface area (Å²) in [6.07, 6.45) is -6.35. The van der Waals surface area contributed by atoms with Crippen molar-refractivity contribution >= 4 is 22.4 Å². The molecule has 0 saturated carbocycles. The number of hydrogen-bond acceptors (Lipinski definition) is 8. The van der Waals surface area contributed by atoms with E-state index in [9.17, 15) is 31.2 Å². The molecule has 0 spiro atoms. The normalized spacial score (nSPS) is 34.6. The van der Waals surface area contributed by atoms with Gasteiger partial charge in [0.1, 0.15) is 18.8 Å². The molecule has 0 N–H and O–H groups in total. The number of carbonyl (C=O) groups excluding carboxylic acids is 2. The van der Waals surface area contributed by atoms with E-state index in [0.717, 1.165) is 4.90 Å². The van der Waals surface area contributed by atoms with Crippen LogP contribution >= 0.6 is 0 Å². The maximum atomic E-state index is 12.5. The average Bonchev–Trinajstić information content (AvgIpc) is 2.91. The summed E-state index contributed by atoms with van der Waals surface area (Å²) in [4.78, 5) is 23.5. The zero-order chi connectivity index (χ0) is 16.3. The molecule has 3 aliphatic rings. The highest BCUT2D eigenvalue weighted by Gasteiger charge is 2.60. The lowest BCUT2D eigenvalue weighted by Crippen LogP contribution is -2.61. The van der Waals surface area contributed by atoms with Crippen LogP contribution < -0.4 is 0 Å². The largest absolute Gasteiger partial charge is 0.523 e. The Balaban J connectivity index is 1.92. The van der Waals surface area contributed by atoms with Crippen LogP contribution in [-0.4, -0.2) is 68.6 Å². The van der Waals surface area contributed by atoms with Crippen molar-refractivity contribution < 1.29 is 49.6 Å². The summed E-state index contributed by atoms with van der Waals surface area (Å²) in [5, 5.41) is 0. The van der Waals surface area contributed by atoms with E-state index in [-0.39, 0.29) is 6.54 Å². The molecule has 13 heteroatoms. The molecule has 3 rings (SSSR count). The first kappa shape index (κ1) is 15.1. The van der Waals surface area contributed by atoms with E-state index in [0.29, 0.717) is 0 Å². The monoisotopic (exact) mass is 347 g/mol. The predicted molar refractivity (Wildman–Crippen MR) is 56.8 cm³/mol. The lowest BCUT2D eigenvalue weighted by molar-refractivity contribution is -0.0807. The molecular formula is C9H8F3NO8S. The predicted octanol–water partition coefficient (Wildman–Crippen LogP) is -0.0404. The van der Waals surface area contributed by atoms with Crippen molar-refractivity contribution in [3.63, 3.8) is 0 Å². The van der Waals surface area contributed by atoms with Crippen LogP contribution in [-0.2, 0) is 28.5 Å². The summed E-state index contributed by atoms with van der Waals surface area (Å²) in [5.41, 5.74) is -5.66. The first-order chi connectivity index (χ1) is 10.1. The van der Waals surface area contributed by atoms with Crippen LogP contribution in [0.25, 0.3) is 0 Å². The molecule has 0 aromatic carbocycles. The summed E-state index contributed by atoms with van der Waals surface area (Å²) in [6, 6.07) is -1.14. The van der Waals surface area contributed by atoms with E-state index in [2.05, 4.69) is 18.4 Å². The fourth-order valence-corrected chi connectivity index (χ4v) is 3.14. The number of ether oxygens (including phenoxy) is 3. The second-order valence-electron chi connectivity index (χ2n) is 4.75. The van der Waals surface area contributed by atoms with Crippen molar-refractivity contribution in [2.75, 3.05) is 13.2 Å².